The van der Waals surface area contributed by atoms with Crippen molar-refractivity contribution in [3.63, 3.8) is 0 Å². The SMILES string of the molecule is CNc1c(N(C)C)c(=S)c1=S. The fraction of sp³-hybridized carbons (Fsp3) is 0.429. The van der Waals surface area contributed by atoms with Crippen molar-refractivity contribution in [2.75, 3.05) is 31.4 Å². The van der Waals surface area contributed by atoms with Crippen molar-refractivity contribution in [3.05, 3.63) is 9.02 Å². The molecule has 11 heavy (non-hydrogen) atoms. The van der Waals surface area contributed by atoms with Crippen LogP contribution in [0.15, 0.2) is 0 Å². The van der Waals surface area contributed by atoms with E-state index in [1.165, 1.54) is 0 Å². The predicted molar refractivity (Wildman–Crippen MR) is 54.4 cm³/mol. The van der Waals surface area contributed by atoms with E-state index in [4.69, 9.17) is 24.4 Å². The van der Waals surface area contributed by atoms with E-state index in [2.05, 4.69) is 5.32 Å². The molecule has 0 fully saturated rings. The molecule has 60 valence electrons. The summed E-state index contributed by atoms with van der Waals surface area (Å²) in [5.41, 5.74) is 2.04. The Morgan fingerprint density at radius 2 is 1.73 bits per heavy atom. The summed E-state index contributed by atoms with van der Waals surface area (Å²) in [7, 11) is 5.77. The Kier molecular flexibility index (Phi) is 2.25. The number of rotatable bonds is 2. The van der Waals surface area contributed by atoms with E-state index < -0.39 is 0 Å². The van der Waals surface area contributed by atoms with Gasteiger partial charge in [0.1, 0.15) is 0 Å². The van der Waals surface area contributed by atoms with Gasteiger partial charge in [-0.3, -0.25) is 0 Å². The lowest BCUT2D eigenvalue weighted by Gasteiger charge is -2.20. The normalized spacial score (nSPS) is 10.1. The summed E-state index contributed by atoms with van der Waals surface area (Å²) in [4.78, 5) is 1.98. The highest BCUT2D eigenvalue weighted by Crippen LogP contribution is 2.33. The van der Waals surface area contributed by atoms with Gasteiger partial charge >= 0.3 is 0 Å². The minimum absolute atomic E-state index is 0.784. The van der Waals surface area contributed by atoms with Crippen LogP contribution in [0.4, 0.5) is 11.4 Å². The van der Waals surface area contributed by atoms with E-state index >= 15 is 0 Å². The Hall–Kier alpha value is -0.480. The average Bonchev–Trinajstić information content (AvgIpc) is 1.96. The van der Waals surface area contributed by atoms with E-state index in [9.17, 15) is 0 Å². The van der Waals surface area contributed by atoms with Crippen molar-refractivity contribution in [3.8, 4) is 0 Å². The fourth-order valence-corrected chi connectivity index (χ4v) is 1.72. The van der Waals surface area contributed by atoms with Gasteiger partial charge in [0.15, 0.2) is 0 Å². The van der Waals surface area contributed by atoms with Gasteiger partial charge in [0, 0.05) is 21.1 Å². The van der Waals surface area contributed by atoms with Gasteiger partial charge in [0.2, 0.25) is 0 Å². The van der Waals surface area contributed by atoms with Gasteiger partial charge in [0.25, 0.3) is 0 Å². The summed E-state index contributed by atoms with van der Waals surface area (Å²) >= 11 is 10.1. The highest BCUT2D eigenvalue weighted by molar-refractivity contribution is 7.74. The lowest BCUT2D eigenvalue weighted by molar-refractivity contribution is 1.11. The molecule has 0 atom stereocenters. The third kappa shape index (κ3) is 1.16. The second-order valence-electron chi connectivity index (χ2n) is 2.53. The summed E-state index contributed by atoms with van der Waals surface area (Å²) in [6.45, 7) is 0. The summed E-state index contributed by atoms with van der Waals surface area (Å²) < 4.78 is 1.58. The third-order valence-electron chi connectivity index (χ3n) is 1.58. The second kappa shape index (κ2) is 2.87. The number of hydrogen-bond acceptors (Lipinski definition) is 4. The first-order chi connectivity index (χ1) is 5.09. The van der Waals surface area contributed by atoms with E-state index in [1.54, 1.807) is 0 Å². The van der Waals surface area contributed by atoms with Gasteiger partial charge in [-0.25, -0.2) is 0 Å². The lowest BCUT2D eigenvalue weighted by Crippen LogP contribution is -2.14. The van der Waals surface area contributed by atoms with Crippen molar-refractivity contribution < 1.29 is 0 Å². The molecule has 2 nitrogen and oxygen atoms in total. The Balaban J connectivity index is 3.19. The van der Waals surface area contributed by atoms with Gasteiger partial charge in [-0.1, -0.05) is 24.4 Å². The topological polar surface area (TPSA) is 15.3 Å². The Bertz CT molecular complexity index is 334. The molecule has 4 heteroatoms. The first-order valence-corrected chi connectivity index (χ1v) is 4.09. The van der Waals surface area contributed by atoms with Crippen molar-refractivity contribution >= 4 is 35.8 Å². The van der Waals surface area contributed by atoms with Crippen LogP contribution in [-0.4, -0.2) is 21.1 Å². The number of anilines is 2. The smallest absolute Gasteiger partial charge is 0.0834 e. The predicted octanol–water partition coefficient (Wildman–Crippen LogP) is 2.13. The lowest BCUT2D eigenvalue weighted by atomic mass is 10.2. The molecule has 0 heterocycles. The third-order valence-corrected chi connectivity index (χ3v) is 2.52. The van der Waals surface area contributed by atoms with Crippen LogP contribution in [0.2, 0.25) is 0 Å². The van der Waals surface area contributed by atoms with E-state index in [-0.39, 0.29) is 0 Å². The van der Waals surface area contributed by atoms with Crippen LogP contribution >= 0.6 is 24.4 Å². The van der Waals surface area contributed by atoms with Gasteiger partial charge in [-0.2, -0.15) is 0 Å². The zero-order valence-corrected chi connectivity index (χ0v) is 8.40. The van der Waals surface area contributed by atoms with Crippen LogP contribution in [0, 0.1) is 9.02 Å². The van der Waals surface area contributed by atoms with Crippen LogP contribution in [0.1, 0.15) is 0 Å². The minimum atomic E-state index is 0.784. The molecule has 0 unspecified atom stereocenters. The summed E-state index contributed by atoms with van der Waals surface area (Å²) in [6, 6.07) is 0. The van der Waals surface area contributed by atoms with E-state index in [1.807, 2.05) is 26.0 Å². The second-order valence-corrected chi connectivity index (χ2v) is 3.34. The van der Waals surface area contributed by atoms with Crippen molar-refractivity contribution in [2.24, 2.45) is 0 Å². The van der Waals surface area contributed by atoms with Gasteiger partial charge in [-0.05, 0) is 0 Å². The molecular weight excluding hydrogens is 176 g/mol. The molecule has 0 aromatic heterocycles. The zero-order valence-electron chi connectivity index (χ0n) is 6.76. The highest BCUT2D eigenvalue weighted by Gasteiger charge is 2.13. The minimum Gasteiger partial charge on any atom is -0.385 e. The fourth-order valence-electron chi connectivity index (χ4n) is 1.04. The molecule has 0 saturated carbocycles. The largest absolute Gasteiger partial charge is 0.385 e. The number of nitrogens with one attached hydrogen (secondary N) is 1. The molecule has 0 bridgehead atoms. The van der Waals surface area contributed by atoms with Crippen LogP contribution in [-0.2, 0) is 0 Å². The zero-order chi connectivity index (χ0) is 8.59. The van der Waals surface area contributed by atoms with Gasteiger partial charge in [0.05, 0.1) is 20.4 Å². The van der Waals surface area contributed by atoms with Crippen LogP contribution in [0.5, 0.6) is 0 Å². The molecule has 1 rings (SSSR count). The number of hydrogen-bond donors (Lipinski definition) is 1. The Labute approximate surface area is 76.5 Å². The molecule has 0 spiro atoms. The first kappa shape index (κ1) is 8.62. The average molecular weight is 186 g/mol. The molecule has 0 amide bonds. The van der Waals surface area contributed by atoms with E-state index in [0.29, 0.717) is 0 Å². The van der Waals surface area contributed by atoms with E-state index in [0.717, 1.165) is 20.4 Å². The monoisotopic (exact) mass is 186 g/mol. The molecule has 0 aliphatic rings. The molecule has 1 aromatic carbocycles. The molecule has 1 aromatic rings. The Morgan fingerprint density at radius 1 is 1.18 bits per heavy atom. The maximum absolute atomic E-state index is 5.07. The molecule has 1 N–H and O–H groups in total. The van der Waals surface area contributed by atoms with Gasteiger partial charge < -0.3 is 10.2 Å². The summed E-state index contributed by atoms with van der Waals surface area (Å²) in [6.07, 6.45) is 0. The Morgan fingerprint density at radius 3 is 2.00 bits per heavy atom. The highest BCUT2D eigenvalue weighted by atomic mass is 32.1. The van der Waals surface area contributed by atoms with Crippen LogP contribution in [0.25, 0.3) is 0 Å². The number of nitrogens with zero attached hydrogens (tertiary/aromatic N) is 1. The summed E-state index contributed by atoms with van der Waals surface area (Å²) in [5.74, 6) is 0. The molecule has 0 aliphatic carbocycles. The van der Waals surface area contributed by atoms with Crippen LogP contribution in [0.3, 0.4) is 0 Å². The summed E-state index contributed by atoms with van der Waals surface area (Å²) in [5, 5.41) is 3.02. The van der Waals surface area contributed by atoms with Gasteiger partial charge in [-0.15, -0.1) is 0 Å². The standard InChI is InChI=1S/C7H10N2S2/c1-8-4-5(9(2)3)7(11)6(4)10/h8H,1-3H3. The maximum atomic E-state index is 5.07. The molecular formula is C7H10N2S2. The first-order valence-electron chi connectivity index (χ1n) is 3.28. The van der Waals surface area contributed by atoms with Crippen molar-refractivity contribution in [1.29, 1.82) is 0 Å². The quantitative estimate of drug-likeness (QED) is 0.711. The molecule has 0 aliphatic heterocycles. The maximum Gasteiger partial charge on any atom is 0.0834 e. The molecule has 0 saturated heterocycles. The molecule has 0 radical (unpaired) electrons. The van der Waals surface area contributed by atoms with Crippen molar-refractivity contribution in [1.82, 2.24) is 0 Å². The van der Waals surface area contributed by atoms with Crippen molar-refractivity contribution in [2.45, 2.75) is 0 Å². The van der Waals surface area contributed by atoms with Crippen LogP contribution < -0.4 is 10.2 Å².